The average molecular weight is 277 g/mol. The molecule has 0 aromatic heterocycles. The summed E-state index contributed by atoms with van der Waals surface area (Å²) in [6, 6.07) is 3.81. The van der Waals surface area contributed by atoms with E-state index in [1.165, 1.54) is 0 Å². The molecule has 20 heavy (non-hydrogen) atoms. The van der Waals surface area contributed by atoms with Crippen LogP contribution in [0.25, 0.3) is 0 Å². The van der Waals surface area contributed by atoms with Crippen molar-refractivity contribution in [2.45, 2.75) is 31.4 Å². The number of methoxy groups -OCH3 is 3. The molecule has 1 saturated carbocycles. The molecule has 1 aliphatic rings. The molecule has 0 N–H and O–H groups in total. The average Bonchev–Trinajstić information content (AvgIpc) is 2.42. The Kier molecular flexibility index (Phi) is 4.42. The number of ether oxygens (including phenoxy) is 3. The molecule has 1 aromatic carbocycles. The summed E-state index contributed by atoms with van der Waals surface area (Å²) in [6.45, 7) is 0.469. The molecule has 0 spiro atoms. The van der Waals surface area contributed by atoms with E-state index in [4.69, 9.17) is 14.2 Å². The highest BCUT2D eigenvalue weighted by atomic mass is 16.5. The molecule has 0 radical (unpaired) electrons. The molecule has 0 saturated heterocycles. The number of hydrogen-bond acceptors (Lipinski definition) is 5. The van der Waals surface area contributed by atoms with Gasteiger partial charge in [-0.1, -0.05) is 0 Å². The standard InChI is InChI=1S/C15H19NO4/c1-18-9-11-7-12(19-2)14(13(8-11)20-3)15(16-10-17)5-4-6-15/h7-8H,4-6,9H2,1-3H3. The van der Waals surface area contributed by atoms with Gasteiger partial charge >= 0.3 is 0 Å². The number of carbonyl (C=O) groups excluding carboxylic acids is 1. The van der Waals surface area contributed by atoms with E-state index in [9.17, 15) is 4.79 Å². The van der Waals surface area contributed by atoms with E-state index >= 15 is 0 Å². The first kappa shape index (κ1) is 14.6. The van der Waals surface area contributed by atoms with Crippen LogP contribution in [0.4, 0.5) is 0 Å². The second-order valence-electron chi connectivity index (χ2n) is 4.90. The molecule has 0 atom stereocenters. The Morgan fingerprint density at radius 3 is 2.15 bits per heavy atom. The Hall–Kier alpha value is -1.84. The van der Waals surface area contributed by atoms with Gasteiger partial charge in [0.25, 0.3) is 0 Å². The number of nitrogens with zero attached hydrogens (tertiary/aromatic N) is 1. The Labute approximate surface area is 118 Å². The first-order valence-electron chi connectivity index (χ1n) is 6.54. The number of isocyanates is 1. The number of aliphatic imine (C=N–C) groups is 1. The van der Waals surface area contributed by atoms with Crippen LogP contribution in [-0.2, 0) is 21.7 Å². The van der Waals surface area contributed by atoms with Crippen LogP contribution in [0.1, 0.15) is 30.4 Å². The van der Waals surface area contributed by atoms with Gasteiger partial charge in [-0.2, -0.15) is 4.99 Å². The topological polar surface area (TPSA) is 57.1 Å². The highest BCUT2D eigenvalue weighted by molar-refractivity contribution is 5.54. The second kappa shape index (κ2) is 6.07. The molecular weight excluding hydrogens is 258 g/mol. The van der Waals surface area contributed by atoms with Crippen molar-refractivity contribution in [2.24, 2.45) is 4.99 Å². The van der Waals surface area contributed by atoms with E-state index in [1.807, 2.05) is 12.1 Å². The largest absolute Gasteiger partial charge is 0.496 e. The molecule has 0 bridgehead atoms. The smallest absolute Gasteiger partial charge is 0.235 e. The maximum atomic E-state index is 10.8. The summed E-state index contributed by atoms with van der Waals surface area (Å²) in [5, 5.41) is 0. The number of rotatable bonds is 6. The van der Waals surface area contributed by atoms with Gasteiger partial charge in [-0.25, -0.2) is 4.79 Å². The van der Waals surface area contributed by atoms with Crippen LogP contribution in [0.2, 0.25) is 0 Å². The maximum Gasteiger partial charge on any atom is 0.235 e. The molecular formula is C15H19NO4. The first-order chi connectivity index (χ1) is 9.70. The van der Waals surface area contributed by atoms with Gasteiger partial charge in [-0.3, -0.25) is 0 Å². The van der Waals surface area contributed by atoms with E-state index in [0.29, 0.717) is 18.1 Å². The van der Waals surface area contributed by atoms with E-state index in [-0.39, 0.29) is 0 Å². The lowest BCUT2D eigenvalue weighted by molar-refractivity contribution is 0.183. The van der Waals surface area contributed by atoms with Gasteiger partial charge in [-0.05, 0) is 37.0 Å². The Morgan fingerprint density at radius 1 is 1.20 bits per heavy atom. The van der Waals surface area contributed by atoms with Crippen molar-refractivity contribution in [3.8, 4) is 11.5 Å². The van der Waals surface area contributed by atoms with Gasteiger partial charge in [-0.15, -0.1) is 0 Å². The lowest BCUT2D eigenvalue weighted by Crippen LogP contribution is -2.33. The van der Waals surface area contributed by atoms with Crippen LogP contribution in [0.5, 0.6) is 11.5 Å². The van der Waals surface area contributed by atoms with Crippen LogP contribution in [0.3, 0.4) is 0 Å². The molecule has 5 nitrogen and oxygen atoms in total. The van der Waals surface area contributed by atoms with Gasteiger partial charge in [0.15, 0.2) is 0 Å². The lowest BCUT2D eigenvalue weighted by Gasteiger charge is -2.38. The fourth-order valence-electron chi connectivity index (χ4n) is 2.69. The van der Waals surface area contributed by atoms with Crippen LogP contribution >= 0.6 is 0 Å². The third kappa shape index (κ3) is 2.42. The monoisotopic (exact) mass is 277 g/mol. The van der Waals surface area contributed by atoms with Gasteiger partial charge in [0.2, 0.25) is 6.08 Å². The van der Waals surface area contributed by atoms with E-state index in [2.05, 4.69) is 4.99 Å². The lowest BCUT2D eigenvalue weighted by atomic mass is 9.71. The van der Waals surface area contributed by atoms with Crippen molar-refractivity contribution >= 4 is 6.08 Å². The van der Waals surface area contributed by atoms with Crippen molar-refractivity contribution in [3.63, 3.8) is 0 Å². The van der Waals surface area contributed by atoms with Crippen molar-refractivity contribution in [1.82, 2.24) is 0 Å². The minimum atomic E-state index is -0.552. The van der Waals surface area contributed by atoms with Crippen LogP contribution < -0.4 is 9.47 Å². The second-order valence-corrected chi connectivity index (χ2v) is 4.90. The number of hydrogen-bond donors (Lipinski definition) is 0. The predicted molar refractivity (Wildman–Crippen MR) is 73.9 cm³/mol. The highest BCUT2D eigenvalue weighted by Gasteiger charge is 2.43. The molecule has 2 rings (SSSR count). The first-order valence-corrected chi connectivity index (χ1v) is 6.54. The van der Waals surface area contributed by atoms with E-state index in [1.54, 1.807) is 27.4 Å². The maximum absolute atomic E-state index is 10.8. The Morgan fingerprint density at radius 2 is 1.80 bits per heavy atom. The summed E-state index contributed by atoms with van der Waals surface area (Å²) in [5.74, 6) is 1.35. The quantitative estimate of drug-likeness (QED) is 0.592. The van der Waals surface area contributed by atoms with Crippen LogP contribution in [-0.4, -0.2) is 27.4 Å². The molecule has 0 heterocycles. The van der Waals surface area contributed by atoms with E-state index < -0.39 is 5.54 Å². The molecule has 0 amide bonds. The van der Waals surface area contributed by atoms with Gasteiger partial charge < -0.3 is 14.2 Å². The van der Waals surface area contributed by atoms with Crippen molar-refractivity contribution in [2.75, 3.05) is 21.3 Å². The Balaban J connectivity index is 2.58. The minimum absolute atomic E-state index is 0.469. The van der Waals surface area contributed by atoms with Gasteiger partial charge in [0.1, 0.15) is 17.0 Å². The van der Waals surface area contributed by atoms with Crippen LogP contribution in [0, 0.1) is 0 Å². The zero-order valence-electron chi connectivity index (χ0n) is 12.1. The van der Waals surface area contributed by atoms with E-state index in [0.717, 1.165) is 30.4 Å². The summed E-state index contributed by atoms with van der Waals surface area (Å²) >= 11 is 0. The minimum Gasteiger partial charge on any atom is -0.496 e. The Bertz CT molecular complexity index is 506. The summed E-state index contributed by atoms with van der Waals surface area (Å²) < 4.78 is 16.1. The zero-order chi connectivity index (χ0) is 14.6. The molecule has 0 unspecified atom stereocenters. The van der Waals surface area contributed by atoms with Gasteiger partial charge in [0.05, 0.1) is 26.4 Å². The molecule has 1 aromatic rings. The molecule has 0 aliphatic heterocycles. The summed E-state index contributed by atoms with van der Waals surface area (Å²) in [6.07, 6.45) is 4.32. The zero-order valence-corrected chi connectivity index (χ0v) is 12.1. The predicted octanol–water partition coefficient (Wildman–Crippen LogP) is 2.57. The SMILES string of the molecule is COCc1cc(OC)c(C2(N=C=O)CCC2)c(OC)c1. The number of benzene rings is 1. The van der Waals surface area contributed by atoms with Crippen molar-refractivity contribution < 1.29 is 19.0 Å². The summed E-state index contributed by atoms with van der Waals surface area (Å²) in [7, 11) is 4.84. The highest BCUT2D eigenvalue weighted by Crippen LogP contribution is 2.52. The van der Waals surface area contributed by atoms with Crippen molar-refractivity contribution in [3.05, 3.63) is 23.3 Å². The molecule has 1 aliphatic carbocycles. The van der Waals surface area contributed by atoms with Crippen LogP contribution in [0.15, 0.2) is 17.1 Å². The normalized spacial score (nSPS) is 15.9. The summed E-state index contributed by atoms with van der Waals surface area (Å²) in [5.41, 5.74) is 1.23. The van der Waals surface area contributed by atoms with Crippen molar-refractivity contribution in [1.29, 1.82) is 0 Å². The summed E-state index contributed by atoms with van der Waals surface area (Å²) in [4.78, 5) is 14.8. The fourth-order valence-corrected chi connectivity index (χ4v) is 2.69. The third-order valence-corrected chi connectivity index (χ3v) is 3.78. The molecule has 1 fully saturated rings. The molecule has 5 heteroatoms. The molecule has 108 valence electrons. The third-order valence-electron chi connectivity index (χ3n) is 3.78. The fraction of sp³-hybridized carbons (Fsp3) is 0.533. The van der Waals surface area contributed by atoms with Gasteiger partial charge in [0, 0.05) is 7.11 Å².